The van der Waals surface area contributed by atoms with Gasteiger partial charge in [0.25, 0.3) is 0 Å². The van der Waals surface area contributed by atoms with Crippen molar-refractivity contribution in [1.29, 1.82) is 0 Å². The molecular weight excluding hydrogens is 379 g/mol. The zero-order valence-corrected chi connectivity index (χ0v) is 17.5. The first-order valence-electron chi connectivity index (χ1n) is 10.1. The number of Topliss-reactive ketones (excluding diaryl/α,β-unsaturated/α-hetero) is 1. The van der Waals surface area contributed by atoms with E-state index in [1.54, 1.807) is 6.07 Å². The van der Waals surface area contributed by atoms with E-state index in [2.05, 4.69) is 30.6 Å². The van der Waals surface area contributed by atoms with Gasteiger partial charge in [-0.25, -0.2) is 4.39 Å². The van der Waals surface area contributed by atoms with Crippen LogP contribution in [0.5, 0.6) is 0 Å². The van der Waals surface area contributed by atoms with Crippen LogP contribution in [-0.4, -0.2) is 38.9 Å². The first kappa shape index (κ1) is 18.9. The molecule has 30 heavy (non-hydrogen) atoms. The van der Waals surface area contributed by atoms with Crippen molar-refractivity contribution in [3.63, 3.8) is 0 Å². The summed E-state index contributed by atoms with van der Waals surface area (Å²) >= 11 is 0. The molecule has 0 amide bonds. The lowest BCUT2D eigenvalue weighted by Crippen LogP contribution is -2.44. The van der Waals surface area contributed by atoms with Gasteiger partial charge in [0.15, 0.2) is 11.5 Å². The number of aryl methyl sites for hydroxylation is 1. The number of nitrogens with zero attached hydrogens (tertiary/aromatic N) is 2. The third kappa shape index (κ3) is 2.42. The van der Waals surface area contributed by atoms with Gasteiger partial charge in [0.05, 0.1) is 17.4 Å². The summed E-state index contributed by atoms with van der Waals surface area (Å²) in [5.74, 6) is -1.12. The van der Waals surface area contributed by atoms with Crippen molar-refractivity contribution in [2.45, 2.75) is 31.3 Å². The average Bonchev–Trinajstić information content (AvgIpc) is 3.12. The Morgan fingerprint density at radius 2 is 1.93 bits per heavy atom. The van der Waals surface area contributed by atoms with Gasteiger partial charge in [0, 0.05) is 47.4 Å². The predicted octanol–water partition coefficient (Wildman–Crippen LogP) is 3.98. The van der Waals surface area contributed by atoms with E-state index in [-0.39, 0.29) is 17.0 Å². The number of carbonyl (C=O) groups excluding carboxylic acids is 1. The maximum absolute atomic E-state index is 13.8. The molecule has 0 spiro atoms. The summed E-state index contributed by atoms with van der Waals surface area (Å²) in [7, 11) is 3.85. The summed E-state index contributed by atoms with van der Waals surface area (Å²) in [6.07, 6.45) is 2.75. The Kier molecular flexibility index (Phi) is 3.93. The maximum atomic E-state index is 13.8. The molecule has 1 aromatic heterocycles. The van der Waals surface area contributed by atoms with Crippen LogP contribution in [0.1, 0.15) is 30.9 Å². The number of aromatic nitrogens is 1. The van der Waals surface area contributed by atoms with Crippen LogP contribution < -0.4 is 0 Å². The van der Waals surface area contributed by atoms with Gasteiger partial charge in [-0.2, -0.15) is 4.58 Å². The fraction of sp³-hybridized carbons (Fsp3) is 0.280. The fourth-order valence-corrected chi connectivity index (χ4v) is 5.07. The van der Waals surface area contributed by atoms with Crippen LogP contribution in [0.3, 0.4) is 0 Å². The molecule has 0 bridgehead atoms. The molecule has 2 atom stereocenters. The minimum atomic E-state index is -0.910. The van der Waals surface area contributed by atoms with Gasteiger partial charge in [0.1, 0.15) is 12.9 Å². The van der Waals surface area contributed by atoms with Gasteiger partial charge in [-0.1, -0.05) is 18.2 Å². The quantitative estimate of drug-likeness (QED) is 0.520. The minimum absolute atomic E-state index is 0.105. The lowest BCUT2D eigenvalue weighted by atomic mass is 9.69. The zero-order chi connectivity index (χ0) is 21.4. The van der Waals surface area contributed by atoms with Crippen molar-refractivity contribution in [1.82, 2.24) is 4.57 Å². The molecule has 0 radical (unpaired) electrons. The number of hydrogen-bond acceptors (Lipinski definition) is 2. The Hall–Kier alpha value is -3.05. The number of aliphatic hydroxyl groups excluding tert-OH is 1. The van der Waals surface area contributed by atoms with E-state index < -0.39 is 12.0 Å². The van der Waals surface area contributed by atoms with Crippen molar-refractivity contribution in [3.8, 4) is 0 Å². The van der Waals surface area contributed by atoms with Gasteiger partial charge in [-0.15, -0.1) is 0 Å². The van der Waals surface area contributed by atoms with E-state index in [9.17, 15) is 14.3 Å². The van der Waals surface area contributed by atoms with Crippen LogP contribution in [0.25, 0.3) is 10.9 Å². The minimum Gasteiger partial charge on any atom is -0.387 e. The molecule has 5 heteroatoms. The summed E-state index contributed by atoms with van der Waals surface area (Å²) in [4.78, 5) is 13.1. The summed E-state index contributed by atoms with van der Waals surface area (Å²) < 4.78 is 17.8. The number of para-hydroxylation sites is 1. The highest BCUT2D eigenvalue weighted by molar-refractivity contribution is 6.16. The Morgan fingerprint density at radius 1 is 1.20 bits per heavy atom. The van der Waals surface area contributed by atoms with E-state index in [1.807, 2.05) is 43.1 Å². The summed E-state index contributed by atoms with van der Waals surface area (Å²) in [5.41, 5.74) is 4.94. The van der Waals surface area contributed by atoms with E-state index in [4.69, 9.17) is 0 Å². The van der Waals surface area contributed by atoms with E-state index >= 15 is 0 Å². The normalized spacial score (nSPS) is 23.9. The van der Waals surface area contributed by atoms with Crippen LogP contribution in [0.15, 0.2) is 60.3 Å². The second-order valence-electron chi connectivity index (χ2n) is 8.83. The number of halogens is 1. The Balaban J connectivity index is 1.55. The number of benzene rings is 2. The molecule has 2 aliphatic rings. The van der Waals surface area contributed by atoms with Gasteiger partial charge in [0.2, 0.25) is 5.69 Å². The van der Waals surface area contributed by atoms with E-state index in [1.165, 1.54) is 17.7 Å². The van der Waals surface area contributed by atoms with Crippen LogP contribution >= 0.6 is 0 Å². The van der Waals surface area contributed by atoms with Gasteiger partial charge < -0.3 is 9.67 Å². The Labute approximate surface area is 174 Å². The highest BCUT2D eigenvalue weighted by Crippen LogP contribution is 2.44. The number of hydrogen-bond donors (Lipinski definition) is 1. The molecule has 1 saturated carbocycles. The van der Waals surface area contributed by atoms with Crippen LogP contribution in [0.4, 0.5) is 10.1 Å². The second kappa shape index (κ2) is 6.22. The van der Waals surface area contributed by atoms with Crippen LogP contribution in [0, 0.1) is 5.82 Å². The molecule has 1 aliphatic carbocycles. The Morgan fingerprint density at radius 3 is 2.63 bits per heavy atom. The predicted molar refractivity (Wildman–Crippen MR) is 115 cm³/mol. The highest BCUT2D eigenvalue weighted by atomic mass is 19.1. The summed E-state index contributed by atoms with van der Waals surface area (Å²) in [6, 6.07) is 12.7. The van der Waals surface area contributed by atoms with Crippen molar-refractivity contribution < 1.29 is 18.9 Å². The standard InChI is InChI=1S/C25H24FN2O2/c1-25(2)18-7-5-6-8-20(18)28(4)21(25)12-16-23(29)22(24(16)30)17-13-27(3)19-10-9-14(26)11-15(17)19/h5-13,22-23,29H,1-4H3/q+1. The zero-order valence-electron chi connectivity index (χ0n) is 17.5. The Bertz CT molecular complexity index is 1300. The molecule has 1 aliphatic heterocycles. The number of carbonyl (C=O) groups is 1. The molecule has 1 fully saturated rings. The maximum Gasteiger partial charge on any atom is 0.209 e. The SMILES string of the molecule is Cn1cc(C2C(=O)C(=CC3=[N+](C)c4ccccc4C3(C)C)C2O)c2cc(F)ccc21. The molecular formula is C25H24FN2O2+. The first-order valence-corrected chi connectivity index (χ1v) is 10.1. The van der Waals surface area contributed by atoms with Crippen molar-refractivity contribution in [2.75, 3.05) is 7.05 Å². The van der Waals surface area contributed by atoms with Crippen LogP contribution in [-0.2, 0) is 17.3 Å². The molecule has 0 saturated heterocycles. The third-order valence-corrected chi connectivity index (χ3v) is 6.75. The second-order valence-corrected chi connectivity index (χ2v) is 8.83. The smallest absolute Gasteiger partial charge is 0.209 e. The number of aliphatic hydroxyl groups is 1. The first-order chi connectivity index (χ1) is 14.2. The third-order valence-electron chi connectivity index (χ3n) is 6.75. The van der Waals surface area contributed by atoms with Crippen LogP contribution in [0.2, 0.25) is 0 Å². The molecule has 1 N–H and O–H groups in total. The lowest BCUT2D eigenvalue weighted by molar-refractivity contribution is -0.401. The molecule has 2 aromatic carbocycles. The molecule has 2 unspecified atom stereocenters. The van der Waals surface area contributed by atoms with E-state index in [0.29, 0.717) is 16.5 Å². The average molecular weight is 403 g/mol. The summed E-state index contributed by atoms with van der Waals surface area (Å²) in [5, 5.41) is 11.6. The fourth-order valence-electron chi connectivity index (χ4n) is 5.07. The molecule has 5 rings (SSSR count). The van der Waals surface area contributed by atoms with Gasteiger partial charge in [-0.05, 0) is 37.6 Å². The molecule has 2 heterocycles. The topological polar surface area (TPSA) is 45.2 Å². The lowest BCUT2D eigenvalue weighted by Gasteiger charge is -2.34. The van der Waals surface area contributed by atoms with Gasteiger partial charge in [-0.3, -0.25) is 4.79 Å². The van der Waals surface area contributed by atoms with Gasteiger partial charge >= 0.3 is 0 Å². The summed E-state index contributed by atoms with van der Waals surface area (Å²) in [6.45, 7) is 4.25. The molecule has 152 valence electrons. The number of ketones is 1. The number of rotatable bonds is 2. The van der Waals surface area contributed by atoms with Crippen molar-refractivity contribution in [2.24, 2.45) is 7.05 Å². The van der Waals surface area contributed by atoms with Crippen molar-refractivity contribution in [3.05, 3.63) is 77.3 Å². The van der Waals surface area contributed by atoms with E-state index in [0.717, 1.165) is 16.9 Å². The number of fused-ring (bicyclic) bond motifs is 2. The molecule has 3 aromatic rings. The largest absolute Gasteiger partial charge is 0.387 e. The van der Waals surface area contributed by atoms with Crippen molar-refractivity contribution >= 4 is 28.1 Å². The highest BCUT2D eigenvalue weighted by Gasteiger charge is 2.49. The monoisotopic (exact) mass is 403 g/mol. The molecule has 4 nitrogen and oxygen atoms in total. The number of allylic oxidation sites excluding steroid dienone is 1.